The first-order valence-electron chi connectivity index (χ1n) is 5.65. The molecule has 2 bridgehead atoms. The monoisotopic (exact) mass is 239 g/mol. The van der Waals surface area contributed by atoms with Gasteiger partial charge in [-0.25, -0.2) is 0 Å². The van der Waals surface area contributed by atoms with Crippen molar-refractivity contribution in [2.45, 2.75) is 37.4 Å². The first-order valence-corrected chi connectivity index (χ1v) is 5.65. The van der Waals surface area contributed by atoms with Gasteiger partial charge in [0.1, 0.15) is 0 Å². The van der Waals surface area contributed by atoms with Gasteiger partial charge in [0.25, 0.3) is 0 Å². The molecule has 0 aliphatic carbocycles. The number of ether oxygens (including phenoxy) is 1. The Morgan fingerprint density at radius 2 is 2.06 bits per heavy atom. The number of carbonyl (C=O) groups excluding carboxylic acids is 2. The summed E-state index contributed by atoms with van der Waals surface area (Å²) < 4.78 is 5.80. The van der Waals surface area contributed by atoms with Gasteiger partial charge >= 0.3 is 5.97 Å². The van der Waals surface area contributed by atoms with Crippen molar-refractivity contribution in [2.24, 2.45) is 11.8 Å². The third kappa shape index (κ3) is 1.16. The molecule has 0 aromatic carbocycles. The Labute approximate surface area is 97.3 Å². The van der Waals surface area contributed by atoms with Crippen LogP contribution in [-0.4, -0.2) is 34.1 Å². The zero-order valence-electron chi connectivity index (χ0n) is 9.36. The molecular weight excluding hydrogens is 226 g/mol. The summed E-state index contributed by atoms with van der Waals surface area (Å²) in [7, 11) is 0. The van der Waals surface area contributed by atoms with Crippen molar-refractivity contribution < 1.29 is 24.2 Å². The second-order valence-electron chi connectivity index (χ2n) is 5.36. The molecule has 6 heteroatoms. The van der Waals surface area contributed by atoms with Crippen LogP contribution in [0.2, 0.25) is 0 Å². The highest BCUT2D eigenvalue weighted by molar-refractivity contribution is 6.07. The van der Waals surface area contributed by atoms with Crippen LogP contribution >= 0.6 is 0 Å². The maximum atomic E-state index is 11.8. The molecule has 0 radical (unpaired) electrons. The van der Waals surface area contributed by atoms with E-state index < -0.39 is 29.0 Å². The number of carbonyl (C=O) groups is 3. The van der Waals surface area contributed by atoms with Crippen molar-refractivity contribution in [1.82, 2.24) is 5.32 Å². The number of carboxylic acid groups (broad SMARTS) is 1. The quantitative estimate of drug-likeness (QED) is 0.644. The minimum Gasteiger partial charge on any atom is -0.481 e. The van der Waals surface area contributed by atoms with Gasteiger partial charge < -0.3 is 9.84 Å². The molecule has 0 saturated carbocycles. The van der Waals surface area contributed by atoms with E-state index in [9.17, 15) is 14.4 Å². The normalized spacial score (nSPS) is 47.1. The lowest BCUT2D eigenvalue weighted by molar-refractivity contribution is -0.147. The molecular formula is C11H13NO5. The van der Waals surface area contributed by atoms with Crippen LogP contribution in [0.3, 0.4) is 0 Å². The fourth-order valence-electron chi connectivity index (χ4n) is 3.71. The van der Waals surface area contributed by atoms with E-state index in [1.807, 2.05) is 0 Å². The molecule has 3 aliphatic rings. The third-order valence-electron chi connectivity index (χ3n) is 4.30. The molecule has 2 amide bonds. The average molecular weight is 239 g/mol. The third-order valence-corrected chi connectivity index (χ3v) is 4.30. The summed E-state index contributed by atoms with van der Waals surface area (Å²) in [5, 5.41) is 11.2. The van der Waals surface area contributed by atoms with E-state index in [0.29, 0.717) is 12.8 Å². The Kier molecular flexibility index (Phi) is 1.81. The minimum atomic E-state index is -0.998. The molecule has 3 aliphatic heterocycles. The standard InChI is InChI=1S/C11H13NO5/c1-10-2-3-11(17-10,4-5(13)14)7-6(10)8(15)12-9(7)16/h6-7H,2-4H2,1H3,(H,13,14)(H,12,15,16). The van der Waals surface area contributed by atoms with Gasteiger partial charge in [0.2, 0.25) is 11.8 Å². The van der Waals surface area contributed by atoms with Crippen LogP contribution in [0.15, 0.2) is 0 Å². The maximum Gasteiger partial charge on any atom is 0.306 e. The number of nitrogens with one attached hydrogen (secondary N) is 1. The van der Waals surface area contributed by atoms with Gasteiger partial charge in [0, 0.05) is 0 Å². The van der Waals surface area contributed by atoms with E-state index >= 15 is 0 Å². The number of hydrogen-bond donors (Lipinski definition) is 2. The molecule has 0 aromatic rings. The van der Waals surface area contributed by atoms with Gasteiger partial charge in [-0.2, -0.15) is 0 Å². The average Bonchev–Trinajstić information content (AvgIpc) is 2.74. The maximum absolute atomic E-state index is 11.8. The van der Waals surface area contributed by atoms with Gasteiger partial charge in [0.15, 0.2) is 0 Å². The lowest BCUT2D eigenvalue weighted by Gasteiger charge is -2.29. The highest BCUT2D eigenvalue weighted by Crippen LogP contribution is 2.60. The molecule has 3 rings (SSSR count). The highest BCUT2D eigenvalue weighted by Gasteiger charge is 2.72. The molecule has 0 spiro atoms. The summed E-state index contributed by atoms with van der Waals surface area (Å²) in [6.07, 6.45) is 0.935. The van der Waals surface area contributed by atoms with Crippen LogP contribution in [0, 0.1) is 11.8 Å². The van der Waals surface area contributed by atoms with Crippen molar-refractivity contribution in [2.75, 3.05) is 0 Å². The van der Waals surface area contributed by atoms with Gasteiger partial charge in [-0.15, -0.1) is 0 Å². The summed E-state index contributed by atoms with van der Waals surface area (Å²) in [4.78, 5) is 34.4. The van der Waals surface area contributed by atoms with Crippen LogP contribution in [0.5, 0.6) is 0 Å². The first kappa shape index (κ1) is 10.7. The first-order chi connectivity index (χ1) is 7.88. The number of carboxylic acids is 1. The topological polar surface area (TPSA) is 92.7 Å². The van der Waals surface area contributed by atoms with Crippen molar-refractivity contribution in [3.8, 4) is 0 Å². The van der Waals surface area contributed by atoms with E-state index in [4.69, 9.17) is 9.84 Å². The Bertz CT molecular complexity index is 447. The Morgan fingerprint density at radius 3 is 2.71 bits per heavy atom. The molecule has 3 fully saturated rings. The van der Waals surface area contributed by atoms with Crippen LogP contribution in [0.4, 0.5) is 0 Å². The zero-order valence-corrected chi connectivity index (χ0v) is 9.36. The van der Waals surface area contributed by atoms with Crippen molar-refractivity contribution in [3.63, 3.8) is 0 Å². The number of aliphatic carboxylic acids is 1. The molecule has 0 aromatic heterocycles. The molecule has 92 valence electrons. The number of rotatable bonds is 2. The lowest BCUT2D eigenvalue weighted by atomic mass is 9.67. The van der Waals surface area contributed by atoms with E-state index in [1.165, 1.54) is 0 Å². The number of imide groups is 1. The van der Waals surface area contributed by atoms with Crippen LogP contribution in [0.1, 0.15) is 26.2 Å². The Morgan fingerprint density at radius 1 is 1.41 bits per heavy atom. The molecule has 3 heterocycles. The lowest BCUT2D eigenvalue weighted by Crippen LogP contribution is -2.43. The van der Waals surface area contributed by atoms with Gasteiger partial charge in [-0.3, -0.25) is 19.7 Å². The van der Waals surface area contributed by atoms with E-state index in [0.717, 1.165) is 0 Å². The zero-order chi connectivity index (χ0) is 12.4. The van der Waals surface area contributed by atoms with Gasteiger partial charge in [-0.05, 0) is 19.8 Å². The molecule has 2 N–H and O–H groups in total. The summed E-state index contributed by atoms with van der Waals surface area (Å²) in [6.45, 7) is 1.79. The summed E-state index contributed by atoms with van der Waals surface area (Å²) >= 11 is 0. The Hall–Kier alpha value is -1.43. The second-order valence-corrected chi connectivity index (χ2v) is 5.36. The number of amides is 2. The molecule has 4 unspecified atom stereocenters. The van der Waals surface area contributed by atoms with E-state index in [1.54, 1.807) is 6.92 Å². The second kappa shape index (κ2) is 2.87. The summed E-state index contributed by atoms with van der Waals surface area (Å²) in [5.41, 5.74) is -1.67. The number of hydrogen-bond acceptors (Lipinski definition) is 4. The van der Waals surface area contributed by atoms with E-state index in [2.05, 4.69) is 5.32 Å². The molecule has 4 atom stereocenters. The van der Waals surface area contributed by atoms with Crippen LogP contribution < -0.4 is 5.32 Å². The van der Waals surface area contributed by atoms with E-state index in [-0.39, 0.29) is 18.2 Å². The van der Waals surface area contributed by atoms with Crippen molar-refractivity contribution in [1.29, 1.82) is 0 Å². The van der Waals surface area contributed by atoms with Gasteiger partial charge in [-0.1, -0.05) is 0 Å². The smallest absolute Gasteiger partial charge is 0.306 e. The summed E-state index contributed by atoms with van der Waals surface area (Å²) in [5.74, 6) is -2.87. The van der Waals surface area contributed by atoms with Crippen LogP contribution in [-0.2, 0) is 19.1 Å². The summed E-state index contributed by atoms with van der Waals surface area (Å²) in [6, 6.07) is 0. The fourth-order valence-corrected chi connectivity index (χ4v) is 3.71. The predicted molar refractivity (Wildman–Crippen MR) is 53.8 cm³/mol. The Balaban J connectivity index is 2.05. The molecule has 6 nitrogen and oxygen atoms in total. The highest BCUT2D eigenvalue weighted by atomic mass is 16.5. The predicted octanol–water partition coefficient (Wildman–Crippen LogP) is -0.329. The number of fused-ring (bicyclic) bond motifs is 5. The fraction of sp³-hybridized carbons (Fsp3) is 0.727. The molecule has 3 saturated heterocycles. The van der Waals surface area contributed by atoms with Gasteiger partial charge in [0.05, 0.1) is 29.5 Å². The van der Waals surface area contributed by atoms with Crippen molar-refractivity contribution >= 4 is 17.8 Å². The minimum absolute atomic E-state index is 0.218. The van der Waals surface area contributed by atoms with Crippen LogP contribution in [0.25, 0.3) is 0 Å². The molecule has 17 heavy (non-hydrogen) atoms. The SMILES string of the molecule is CC12CCC(CC(=O)O)(O1)C1C(=O)NC(=O)C12. The van der Waals surface area contributed by atoms with Crippen molar-refractivity contribution in [3.05, 3.63) is 0 Å². The largest absolute Gasteiger partial charge is 0.481 e.